The molecule has 3 N–H and O–H groups in total. The lowest BCUT2D eigenvalue weighted by Gasteiger charge is -2.61. The topological polar surface area (TPSA) is 61.7 Å². The second kappa shape index (κ2) is 3.38. The minimum atomic E-state index is -0.783. The molecule has 4 aliphatic rings. The summed E-state index contributed by atoms with van der Waals surface area (Å²) in [7, 11) is 0. The molecule has 0 amide bonds. The maximum atomic E-state index is 11.5. The van der Waals surface area contributed by atoms with E-state index in [1.807, 2.05) is 12.1 Å². The van der Waals surface area contributed by atoms with E-state index in [0.29, 0.717) is 12.8 Å². The molecule has 0 aromatic heterocycles. The Morgan fingerprint density at radius 1 is 1.30 bits per heavy atom. The van der Waals surface area contributed by atoms with Crippen LogP contribution < -0.4 is 10.1 Å². The summed E-state index contributed by atoms with van der Waals surface area (Å²) in [6, 6.07) is 6.24. The second-order valence-corrected chi connectivity index (χ2v) is 6.79. The quantitative estimate of drug-likeness (QED) is 0.644. The molecule has 5 rings (SSSR count). The fraction of sp³-hybridized carbons (Fsp3) is 0.625. The Morgan fingerprint density at radius 3 is 3.10 bits per heavy atom. The highest BCUT2D eigenvalue weighted by molar-refractivity contribution is 5.57. The molecule has 4 heteroatoms. The summed E-state index contributed by atoms with van der Waals surface area (Å²) in [6.07, 6.45) is 2.19. The van der Waals surface area contributed by atoms with E-state index in [4.69, 9.17) is 4.74 Å². The van der Waals surface area contributed by atoms with Crippen LogP contribution >= 0.6 is 0 Å². The van der Waals surface area contributed by atoms with Gasteiger partial charge in [-0.25, -0.2) is 0 Å². The molecule has 1 spiro atoms. The first-order valence-electron chi connectivity index (χ1n) is 7.60. The van der Waals surface area contributed by atoms with Crippen molar-refractivity contribution in [3.63, 3.8) is 0 Å². The van der Waals surface area contributed by atoms with Gasteiger partial charge in [-0.2, -0.15) is 0 Å². The molecule has 2 heterocycles. The highest BCUT2D eigenvalue weighted by Crippen LogP contribution is 2.62. The molecule has 0 radical (unpaired) electrons. The third-order valence-electron chi connectivity index (χ3n) is 6.15. The van der Waals surface area contributed by atoms with Gasteiger partial charge in [0.25, 0.3) is 0 Å². The summed E-state index contributed by atoms with van der Waals surface area (Å²) in [5, 5.41) is 25.4. The van der Waals surface area contributed by atoms with Crippen LogP contribution in [0.1, 0.15) is 30.4 Å². The van der Waals surface area contributed by atoms with Crippen LogP contribution in [0.25, 0.3) is 0 Å². The molecule has 20 heavy (non-hydrogen) atoms. The average molecular weight is 273 g/mol. The maximum absolute atomic E-state index is 11.5. The number of hydrogen-bond acceptors (Lipinski definition) is 4. The van der Waals surface area contributed by atoms with E-state index in [1.54, 1.807) is 0 Å². The lowest BCUT2D eigenvalue weighted by Crippen LogP contribution is -2.76. The van der Waals surface area contributed by atoms with Gasteiger partial charge in [-0.3, -0.25) is 0 Å². The first-order chi connectivity index (χ1) is 9.67. The van der Waals surface area contributed by atoms with Crippen LogP contribution in [0.2, 0.25) is 0 Å². The van der Waals surface area contributed by atoms with Gasteiger partial charge in [0.1, 0.15) is 11.9 Å². The number of rotatable bonds is 0. The van der Waals surface area contributed by atoms with Crippen LogP contribution in [-0.4, -0.2) is 40.6 Å². The Morgan fingerprint density at radius 2 is 2.20 bits per heavy atom. The van der Waals surface area contributed by atoms with E-state index in [-0.39, 0.29) is 12.1 Å². The predicted molar refractivity (Wildman–Crippen MR) is 72.8 cm³/mol. The number of aliphatic hydroxyl groups is 2. The summed E-state index contributed by atoms with van der Waals surface area (Å²) in [5.74, 6) is 0.882. The van der Waals surface area contributed by atoms with Crippen LogP contribution in [0.5, 0.6) is 5.75 Å². The minimum absolute atomic E-state index is 0.0794. The molecule has 5 atom stereocenters. The van der Waals surface area contributed by atoms with Crippen molar-refractivity contribution in [2.45, 2.75) is 54.9 Å². The van der Waals surface area contributed by atoms with Crippen molar-refractivity contribution >= 4 is 0 Å². The number of nitrogens with one attached hydrogen (secondary N) is 1. The SMILES string of the molecule is OC1CCC2(O)C3Cc4cccc5c4C2(CCN3)C1O5. The zero-order valence-corrected chi connectivity index (χ0v) is 11.3. The van der Waals surface area contributed by atoms with Crippen molar-refractivity contribution in [2.75, 3.05) is 6.54 Å². The number of hydrogen-bond donors (Lipinski definition) is 3. The summed E-state index contributed by atoms with van der Waals surface area (Å²) in [6.45, 7) is 0.882. The van der Waals surface area contributed by atoms with Crippen LogP contribution in [0.15, 0.2) is 18.2 Å². The average Bonchev–Trinajstić information content (AvgIpc) is 2.76. The summed E-state index contributed by atoms with van der Waals surface area (Å²) >= 11 is 0. The van der Waals surface area contributed by atoms with Crippen molar-refractivity contribution in [3.05, 3.63) is 29.3 Å². The minimum Gasteiger partial charge on any atom is -0.486 e. The molecule has 4 nitrogen and oxygen atoms in total. The van der Waals surface area contributed by atoms with Crippen molar-refractivity contribution in [1.29, 1.82) is 0 Å². The zero-order chi connectivity index (χ0) is 13.5. The second-order valence-electron chi connectivity index (χ2n) is 6.79. The van der Waals surface area contributed by atoms with Gasteiger partial charge >= 0.3 is 0 Å². The van der Waals surface area contributed by atoms with Crippen molar-refractivity contribution in [2.24, 2.45) is 0 Å². The Kier molecular flexibility index (Phi) is 1.95. The van der Waals surface area contributed by atoms with E-state index in [9.17, 15) is 10.2 Å². The molecule has 1 aromatic rings. The highest BCUT2D eigenvalue weighted by atomic mass is 16.5. The first-order valence-corrected chi connectivity index (χ1v) is 7.60. The molecular weight excluding hydrogens is 254 g/mol. The Bertz CT molecular complexity index is 603. The van der Waals surface area contributed by atoms with Gasteiger partial charge in [-0.1, -0.05) is 12.1 Å². The molecule has 2 bridgehead atoms. The summed E-state index contributed by atoms with van der Waals surface area (Å²) in [5.41, 5.74) is 1.27. The molecule has 1 saturated carbocycles. The van der Waals surface area contributed by atoms with Gasteiger partial charge in [-0.05, 0) is 43.9 Å². The standard InChI is InChI=1S/C16H19NO3/c18-10-4-5-16(19)12-8-9-2-1-3-11-13(9)15(16,6-7-17-12)14(10)20-11/h1-3,10,12,14,17-19H,4-8H2. The summed E-state index contributed by atoms with van der Waals surface area (Å²) in [4.78, 5) is 0. The molecule has 5 unspecified atom stereocenters. The van der Waals surface area contributed by atoms with Gasteiger partial charge < -0.3 is 20.3 Å². The van der Waals surface area contributed by atoms with E-state index >= 15 is 0 Å². The molecule has 2 aliphatic heterocycles. The first kappa shape index (κ1) is 11.5. The van der Waals surface area contributed by atoms with Crippen molar-refractivity contribution < 1.29 is 14.9 Å². The Labute approximate surface area is 117 Å². The number of benzene rings is 1. The lowest BCUT2D eigenvalue weighted by atomic mass is 9.49. The monoisotopic (exact) mass is 273 g/mol. The smallest absolute Gasteiger partial charge is 0.137 e. The number of ether oxygens (including phenoxy) is 1. The molecule has 2 fully saturated rings. The van der Waals surface area contributed by atoms with E-state index in [1.165, 1.54) is 11.1 Å². The van der Waals surface area contributed by atoms with Gasteiger partial charge in [0.15, 0.2) is 0 Å². The van der Waals surface area contributed by atoms with Crippen LogP contribution in [0, 0.1) is 0 Å². The van der Waals surface area contributed by atoms with E-state index < -0.39 is 17.1 Å². The fourth-order valence-electron chi connectivity index (χ4n) is 5.39. The van der Waals surface area contributed by atoms with Crippen LogP contribution in [0.3, 0.4) is 0 Å². The molecule has 2 aliphatic carbocycles. The Hall–Kier alpha value is -1.10. The highest BCUT2D eigenvalue weighted by Gasteiger charge is 2.71. The van der Waals surface area contributed by atoms with Crippen molar-refractivity contribution in [3.8, 4) is 5.75 Å². The van der Waals surface area contributed by atoms with E-state index in [2.05, 4.69) is 11.4 Å². The van der Waals surface area contributed by atoms with Gasteiger partial charge in [0.2, 0.25) is 0 Å². The largest absolute Gasteiger partial charge is 0.486 e. The third-order valence-corrected chi connectivity index (χ3v) is 6.15. The van der Waals surface area contributed by atoms with Gasteiger partial charge in [0.05, 0.1) is 17.1 Å². The molecule has 1 aromatic carbocycles. The lowest BCUT2D eigenvalue weighted by molar-refractivity contribution is -0.179. The zero-order valence-electron chi connectivity index (χ0n) is 11.3. The van der Waals surface area contributed by atoms with Gasteiger partial charge in [-0.15, -0.1) is 0 Å². The van der Waals surface area contributed by atoms with Gasteiger partial charge in [0, 0.05) is 11.6 Å². The molecule has 1 saturated heterocycles. The number of piperidine rings is 1. The van der Waals surface area contributed by atoms with E-state index in [0.717, 1.165) is 25.1 Å². The fourth-order valence-corrected chi connectivity index (χ4v) is 5.39. The predicted octanol–water partition coefficient (Wildman–Crippen LogP) is 0.489. The normalized spacial score (nSPS) is 47.6. The molecular formula is C16H19NO3. The maximum Gasteiger partial charge on any atom is 0.137 e. The summed E-state index contributed by atoms with van der Waals surface area (Å²) < 4.78 is 6.12. The van der Waals surface area contributed by atoms with Crippen molar-refractivity contribution in [1.82, 2.24) is 5.32 Å². The van der Waals surface area contributed by atoms with Crippen LogP contribution in [0.4, 0.5) is 0 Å². The molecule has 106 valence electrons. The number of aliphatic hydroxyl groups excluding tert-OH is 1. The third kappa shape index (κ3) is 1.01. The Balaban J connectivity index is 1.86. The van der Waals surface area contributed by atoms with Crippen LogP contribution in [-0.2, 0) is 11.8 Å².